The number of para-hydroxylation sites is 2. The highest BCUT2D eigenvalue weighted by Gasteiger charge is 2.23. The number of anilines is 6. The zero-order valence-corrected chi connectivity index (χ0v) is 36.1. The van der Waals surface area contributed by atoms with Gasteiger partial charge in [-0.05, 0) is 130 Å². The van der Waals surface area contributed by atoms with E-state index in [9.17, 15) is 0 Å². The van der Waals surface area contributed by atoms with Crippen molar-refractivity contribution in [3.63, 3.8) is 0 Å². The number of fused-ring (bicyclic) bond motifs is 2. The standard InChI is InChI=1S/C62H48N2/c1-45-43-59(55-27-15-17-29-57(55)61(45)63(51-23-11-5-12-24-51)53-39-35-49(36-40-53)33-31-47-19-7-3-8-20-47)60-44-46(2)62(58-30-18-16-28-56(58)60)64(52-25-13-6-14-26-52)54-41-37-50(38-42-54)34-32-48-21-9-4-10-22-48/h3-44H,1-2H3/b33-31+,34-32+. The fourth-order valence-electron chi connectivity index (χ4n) is 8.99. The van der Waals surface area contributed by atoms with Crippen LogP contribution in [0.25, 0.3) is 57.0 Å². The molecular formula is C62H48N2. The molecule has 0 saturated carbocycles. The van der Waals surface area contributed by atoms with Gasteiger partial charge in [0.25, 0.3) is 0 Å². The summed E-state index contributed by atoms with van der Waals surface area (Å²) in [5.41, 5.74) is 16.3. The maximum atomic E-state index is 2.42. The highest BCUT2D eigenvalue weighted by molar-refractivity contribution is 6.14. The Balaban J connectivity index is 1.09. The van der Waals surface area contributed by atoms with Crippen LogP contribution in [0.5, 0.6) is 0 Å². The molecule has 10 rings (SSSR count). The highest BCUT2D eigenvalue weighted by Crippen LogP contribution is 2.48. The molecule has 0 unspecified atom stereocenters. The van der Waals surface area contributed by atoms with Gasteiger partial charge in [0.1, 0.15) is 0 Å². The van der Waals surface area contributed by atoms with Crippen LogP contribution >= 0.6 is 0 Å². The summed E-state index contributed by atoms with van der Waals surface area (Å²) in [7, 11) is 0. The summed E-state index contributed by atoms with van der Waals surface area (Å²) >= 11 is 0. The maximum Gasteiger partial charge on any atom is 0.0569 e. The minimum atomic E-state index is 1.11. The molecule has 0 spiro atoms. The number of benzene rings is 10. The van der Waals surface area contributed by atoms with E-state index in [2.05, 4.69) is 278 Å². The van der Waals surface area contributed by atoms with Crippen LogP contribution in [0.4, 0.5) is 34.1 Å². The molecule has 0 radical (unpaired) electrons. The Morgan fingerprint density at radius 3 is 0.875 bits per heavy atom. The minimum Gasteiger partial charge on any atom is -0.310 e. The van der Waals surface area contributed by atoms with Crippen LogP contribution in [0.15, 0.2) is 231 Å². The van der Waals surface area contributed by atoms with Crippen LogP contribution in [0.3, 0.4) is 0 Å². The third kappa shape index (κ3) is 8.13. The molecule has 0 aliphatic carbocycles. The molecule has 0 fully saturated rings. The molecule has 10 aromatic rings. The van der Waals surface area contributed by atoms with E-state index >= 15 is 0 Å². The molecule has 0 bridgehead atoms. The monoisotopic (exact) mass is 820 g/mol. The molecule has 0 aromatic heterocycles. The SMILES string of the molecule is Cc1cc(-c2cc(C)c(N(c3ccccc3)c3ccc(/C=C/c4ccccc4)cc3)c3ccccc23)c2ccccc2c1N(c1ccccc1)c1ccc(/C=C/c2ccccc2)cc1. The van der Waals surface area contributed by atoms with Gasteiger partial charge in [-0.25, -0.2) is 0 Å². The van der Waals surface area contributed by atoms with E-state index in [0.717, 1.165) is 33.9 Å². The zero-order valence-electron chi connectivity index (χ0n) is 36.1. The van der Waals surface area contributed by atoms with Gasteiger partial charge in [-0.2, -0.15) is 0 Å². The van der Waals surface area contributed by atoms with Crippen molar-refractivity contribution in [2.24, 2.45) is 0 Å². The molecule has 0 amide bonds. The fourth-order valence-corrected chi connectivity index (χ4v) is 8.99. The van der Waals surface area contributed by atoms with Crippen molar-refractivity contribution in [1.29, 1.82) is 0 Å². The van der Waals surface area contributed by atoms with Crippen LogP contribution in [-0.2, 0) is 0 Å². The van der Waals surface area contributed by atoms with Gasteiger partial charge >= 0.3 is 0 Å². The van der Waals surface area contributed by atoms with E-state index in [1.54, 1.807) is 0 Å². The first-order valence-corrected chi connectivity index (χ1v) is 22.0. The Hall–Kier alpha value is -8.20. The van der Waals surface area contributed by atoms with E-state index < -0.39 is 0 Å². The summed E-state index contributed by atoms with van der Waals surface area (Å²) in [4.78, 5) is 4.83. The Morgan fingerprint density at radius 2 is 0.531 bits per heavy atom. The van der Waals surface area contributed by atoms with Gasteiger partial charge in [0, 0.05) is 33.5 Å². The third-order valence-electron chi connectivity index (χ3n) is 12.0. The van der Waals surface area contributed by atoms with E-state index in [0.29, 0.717) is 0 Å². The molecule has 0 aliphatic rings. The average molecular weight is 821 g/mol. The Bertz CT molecular complexity index is 3020. The highest BCUT2D eigenvalue weighted by atomic mass is 15.2. The van der Waals surface area contributed by atoms with Gasteiger partial charge in [0.2, 0.25) is 0 Å². The van der Waals surface area contributed by atoms with Gasteiger partial charge in [-0.3, -0.25) is 0 Å². The smallest absolute Gasteiger partial charge is 0.0569 e. The van der Waals surface area contributed by atoms with E-state index in [1.165, 1.54) is 66.3 Å². The van der Waals surface area contributed by atoms with Gasteiger partial charge in [0.05, 0.1) is 11.4 Å². The van der Waals surface area contributed by atoms with Gasteiger partial charge in [-0.15, -0.1) is 0 Å². The second kappa shape index (κ2) is 18.0. The van der Waals surface area contributed by atoms with Crippen LogP contribution in [0.1, 0.15) is 33.4 Å². The average Bonchev–Trinajstić information content (AvgIpc) is 3.36. The van der Waals surface area contributed by atoms with Crippen molar-refractivity contribution < 1.29 is 0 Å². The number of aryl methyl sites for hydroxylation is 2. The Morgan fingerprint density at radius 1 is 0.266 bits per heavy atom. The lowest BCUT2D eigenvalue weighted by Gasteiger charge is -2.30. The quantitative estimate of drug-likeness (QED) is 0.120. The lowest BCUT2D eigenvalue weighted by atomic mass is 9.88. The van der Waals surface area contributed by atoms with Gasteiger partial charge in [0.15, 0.2) is 0 Å². The lowest BCUT2D eigenvalue weighted by molar-refractivity contribution is 1.26. The van der Waals surface area contributed by atoms with Crippen LogP contribution in [0, 0.1) is 13.8 Å². The predicted molar refractivity (Wildman–Crippen MR) is 276 cm³/mol. The fraction of sp³-hybridized carbons (Fsp3) is 0.0323. The second-order valence-electron chi connectivity index (χ2n) is 16.3. The topological polar surface area (TPSA) is 6.48 Å². The lowest BCUT2D eigenvalue weighted by Crippen LogP contribution is -2.13. The normalized spacial score (nSPS) is 11.5. The summed E-state index contributed by atoms with van der Waals surface area (Å²) in [6.45, 7) is 4.52. The number of hydrogen-bond acceptors (Lipinski definition) is 2. The summed E-state index contributed by atoms with van der Waals surface area (Å²) in [6, 6.07) is 82.8. The first kappa shape index (κ1) is 39.9. The van der Waals surface area contributed by atoms with Gasteiger partial charge < -0.3 is 9.80 Å². The molecule has 2 nitrogen and oxygen atoms in total. The first-order chi connectivity index (χ1) is 31.6. The third-order valence-corrected chi connectivity index (χ3v) is 12.0. The molecule has 0 heterocycles. The largest absolute Gasteiger partial charge is 0.310 e. The number of rotatable bonds is 11. The maximum absolute atomic E-state index is 2.42. The van der Waals surface area contributed by atoms with Gasteiger partial charge in [-0.1, -0.05) is 194 Å². The van der Waals surface area contributed by atoms with Crippen LogP contribution in [-0.4, -0.2) is 0 Å². The molecule has 10 aromatic carbocycles. The van der Waals surface area contributed by atoms with E-state index in [4.69, 9.17) is 0 Å². The molecule has 0 atom stereocenters. The molecule has 0 aliphatic heterocycles. The minimum absolute atomic E-state index is 1.11. The second-order valence-corrected chi connectivity index (χ2v) is 16.3. The zero-order chi connectivity index (χ0) is 43.2. The Kier molecular flexibility index (Phi) is 11.2. The van der Waals surface area contributed by atoms with Crippen molar-refractivity contribution >= 4 is 80.0 Å². The summed E-state index contributed by atoms with van der Waals surface area (Å²) in [6.07, 6.45) is 8.69. The van der Waals surface area contributed by atoms with Crippen molar-refractivity contribution in [3.8, 4) is 11.1 Å². The van der Waals surface area contributed by atoms with Crippen molar-refractivity contribution in [3.05, 3.63) is 264 Å². The summed E-state index contributed by atoms with van der Waals surface area (Å²) in [5.74, 6) is 0. The molecule has 64 heavy (non-hydrogen) atoms. The van der Waals surface area contributed by atoms with Crippen LogP contribution in [0.2, 0.25) is 0 Å². The number of hydrogen-bond donors (Lipinski definition) is 0. The first-order valence-electron chi connectivity index (χ1n) is 22.0. The van der Waals surface area contributed by atoms with E-state index in [-0.39, 0.29) is 0 Å². The molecule has 0 saturated heterocycles. The van der Waals surface area contributed by atoms with E-state index in [1.807, 2.05) is 0 Å². The molecule has 306 valence electrons. The number of nitrogens with zero attached hydrogens (tertiary/aromatic N) is 2. The van der Waals surface area contributed by atoms with Crippen molar-refractivity contribution in [2.45, 2.75) is 13.8 Å². The molecule has 0 N–H and O–H groups in total. The Labute approximate surface area is 377 Å². The summed E-state index contributed by atoms with van der Waals surface area (Å²) in [5, 5.41) is 4.82. The summed E-state index contributed by atoms with van der Waals surface area (Å²) < 4.78 is 0. The van der Waals surface area contributed by atoms with Crippen LogP contribution < -0.4 is 9.80 Å². The predicted octanol–water partition coefficient (Wildman–Crippen LogP) is 17.6. The molecule has 2 heteroatoms. The van der Waals surface area contributed by atoms with Crippen molar-refractivity contribution in [1.82, 2.24) is 0 Å². The van der Waals surface area contributed by atoms with Crippen molar-refractivity contribution in [2.75, 3.05) is 9.80 Å². The molecular weight excluding hydrogens is 773 g/mol.